The smallest absolute Gasteiger partial charge is 0.274 e. The Hall–Kier alpha value is -3.20. The van der Waals surface area contributed by atoms with Gasteiger partial charge < -0.3 is 0 Å². The molecule has 4 rings (SSSR count). The van der Waals surface area contributed by atoms with Gasteiger partial charge in [0.05, 0.1) is 11.0 Å². The van der Waals surface area contributed by atoms with Gasteiger partial charge in [0.1, 0.15) is 5.69 Å². The van der Waals surface area contributed by atoms with Crippen molar-refractivity contribution in [2.45, 2.75) is 13.3 Å². The summed E-state index contributed by atoms with van der Waals surface area (Å²) in [5.74, 6) is 0. The van der Waals surface area contributed by atoms with Gasteiger partial charge in [-0.05, 0) is 36.8 Å². The van der Waals surface area contributed by atoms with E-state index in [1.165, 1.54) is 5.56 Å². The highest BCUT2D eigenvalue weighted by atomic mass is 16.1. The Balaban J connectivity index is 1.92. The predicted molar refractivity (Wildman–Crippen MR) is 101 cm³/mol. The molecule has 25 heavy (non-hydrogen) atoms. The molecule has 0 fully saturated rings. The molecule has 0 N–H and O–H groups in total. The largest absolute Gasteiger partial charge is 0.277 e. The Labute approximate surface area is 146 Å². The number of fused-ring (bicyclic) bond motifs is 1. The van der Waals surface area contributed by atoms with Gasteiger partial charge in [0.2, 0.25) is 0 Å². The molecule has 0 bridgehead atoms. The lowest BCUT2D eigenvalue weighted by atomic mass is 10.1. The molecule has 1 heterocycles. The summed E-state index contributed by atoms with van der Waals surface area (Å²) in [5.41, 5.74) is 5.30. The Bertz CT molecular complexity index is 1080. The van der Waals surface area contributed by atoms with Crippen LogP contribution in [-0.2, 0) is 6.42 Å². The lowest BCUT2D eigenvalue weighted by Gasteiger charge is -2.12. The van der Waals surface area contributed by atoms with Gasteiger partial charge in [-0.25, -0.2) is 4.98 Å². The van der Waals surface area contributed by atoms with E-state index in [4.69, 9.17) is 0 Å². The molecule has 0 saturated carbocycles. The van der Waals surface area contributed by atoms with Crippen LogP contribution in [0, 0.1) is 6.92 Å². The summed E-state index contributed by atoms with van der Waals surface area (Å²) in [7, 11) is 0. The molecule has 122 valence electrons. The fraction of sp³-hybridized carbons (Fsp3) is 0.0909. The molecule has 0 unspecified atom stereocenters. The molecule has 3 heteroatoms. The number of para-hydroxylation sites is 3. The number of aryl methyl sites for hydroxylation is 1. The third-order valence-electron chi connectivity index (χ3n) is 4.33. The minimum absolute atomic E-state index is 0.0644. The van der Waals surface area contributed by atoms with E-state index in [1.807, 2.05) is 54.6 Å². The molecule has 4 aromatic rings. The van der Waals surface area contributed by atoms with E-state index in [2.05, 4.69) is 36.2 Å². The highest BCUT2D eigenvalue weighted by Crippen LogP contribution is 2.16. The first-order valence-electron chi connectivity index (χ1n) is 8.34. The molecule has 3 nitrogen and oxygen atoms in total. The maximum Gasteiger partial charge on any atom is 0.277 e. The van der Waals surface area contributed by atoms with E-state index < -0.39 is 0 Å². The van der Waals surface area contributed by atoms with Crippen molar-refractivity contribution in [3.05, 3.63) is 106 Å². The summed E-state index contributed by atoms with van der Waals surface area (Å²) in [6, 6.07) is 25.7. The molecule has 0 amide bonds. The van der Waals surface area contributed by atoms with E-state index in [9.17, 15) is 4.79 Å². The van der Waals surface area contributed by atoms with Crippen LogP contribution in [0.4, 0.5) is 0 Å². The molecule has 3 aromatic carbocycles. The summed E-state index contributed by atoms with van der Waals surface area (Å²) >= 11 is 0. The summed E-state index contributed by atoms with van der Waals surface area (Å²) < 4.78 is 1.76. The van der Waals surface area contributed by atoms with Crippen molar-refractivity contribution in [3.63, 3.8) is 0 Å². The van der Waals surface area contributed by atoms with E-state index in [-0.39, 0.29) is 5.56 Å². The van der Waals surface area contributed by atoms with Crippen LogP contribution in [0.2, 0.25) is 0 Å². The summed E-state index contributed by atoms with van der Waals surface area (Å²) in [4.78, 5) is 17.8. The molecule has 0 aliphatic rings. The Kier molecular flexibility index (Phi) is 3.90. The monoisotopic (exact) mass is 326 g/mol. The first kappa shape index (κ1) is 15.3. The summed E-state index contributed by atoms with van der Waals surface area (Å²) in [6.45, 7) is 2.06. The molecule has 0 saturated heterocycles. The van der Waals surface area contributed by atoms with Crippen LogP contribution in [0.3, 0.4) is 0 Å². The second-order valence-electron chi connectivity index (χ2n) is 6.19. The molecular formula is C22H18N2O. The van der Waals surface area contributed by atoms with Crippen molar-refractivity contribution in [2.75, 3.05) is 0 Å². The SMILES string of the molecule is Cc1ccc(Cc2nc3ccccc3n(-c3ccccc3)c2=O)cc1. The number of hydrogen-bond acceptors (Lipinski definition) is 2. The number of nitrogens with zero attached hydrogens (tertiary/aromatic N) is 2. The zero-order valence-corrected chi connectivity index (χ0v) is 14.0. The van der Waals surface area contributed by atoms with Crippen molar-refractivity contribution < 1.29 is 0 Å². The third kappa shape index (κ3) is 2.96. The van der Waals surface area contributed by atoms with Crippen LogP contribution in [0.5, 0.6) is 0 Å². The van der Waals surface area contributed by atoms with Crippen LogP contribution in [-0.4, -0.2) is 9.55 Å². The standard InChI is InChI=1S/C22H18N2O/c1-16-11-13-17(14-12-16)15-20-22(25)24(18-7-3-2-4-8-18)21-10-6-5-9-19(21)23-20/h2-14H,15H2,1H3. The lowest BCUT2D eigenvalue weighted by molar-refractivity contribution is 0.943. The fourth-order valence-electron chi connectivity index (χ4n) is 3.03. The van der Waals surface area contributed by atoms with Gasteiger partial charge in [0.25, 0.3) is 5.56 Å². The topological polar surface area (TPSA) is 34.9 Å². The number of benzene rings is 3. The highest BCUT2D eigenvalue weighted by molar-refractivity contribution is 5.76. The van der Waals surface area contributed by atoms with Crippen molar-refractivity contribution in [2.24, 2.45) is 0 Å². The molecule has 0 spiro atoms. The van der Waals surface area contributed by atoms with Crippen LogP contribution >= 0.6 is 0 Å². The zero-order valence-electron chi connectivity index (χ0n) is 14.0. The van der Waals surface area contributed by atoms with Crippen LogP contribution < -0.4 is 5.56 Å². The van der Waals surface area contributed by atoms with Crippen molar-refractivity contribution in [1.29, 1.82) is 0 Å². The van der Waals surface area contributed by atoms with Crippen molar-refractivity contribution in [3.8, 4) is 5.69 Å². The van der Waals surface area contributed by atoms with Crippen LogP contribution in [0.15, 0.2) is 83.7 Å². The molecule has 0 aliphatic heterocycles. The van der Waals surface area contributed by atoms with Crippen LogP contribution in [0.25, 0.3) is 16.7 Å². The first-order chi connectivity index (χ1) is 12.2. The zero-order chi connectivity index (χ0) is 17.2. The highest BCUT2D eigenvalue weighted by Gasteiger charge is 2.12. The Morgan fingerprint density at radius 1 is 0.840 bits per heavy atom. The second kappa shape index (κ2) is 6.36. The van der Waals surface area contributed by atoms with Gasteiger partial charge in [-0.3, -0.25) is 9.36 Å². The van der Waals surface area contributed by atoms with E-state index in [0.717, 1.165) is 22.3 Å². The number of rotatable bonds is 3. The predicted octanol–water partition coefficient (Wildman–Crippen LogP) is 4.28. The first-order valence-corrected chi connectivity index (χ1v) is 8.34. The van der Waals surface area contributed by atoms with Crippen LogP contribution in [0.1, 0.15) is 16.8 Å². The Morgan fingerprint density at radius 2 is 1.52 bits per heavy atom. The maximum absolute atomic E-state index is 13.2. The molecular weight excluding hydrogens is 308 g/mol. The van der Waals surface area contributed by atoms with Gasteiger partial charge >= 0.3 is 0 Å². The summed E-state index contributed by atoms with van der Waals surface area (Å²) in [5, 5.41) is 0. The number of hydrogen-bond donors (Lipinski definition) is 0. The maximum atomic E-state index is 13.2. The van der Waals surface area contributed by atoms with Gasteiger partial charge in [-0.1, -0.05) is 60.2 Å². The third-order valence-corrected chi connectivity index (χ3v) is 4.33. The Morgan fingerprint density at radius 3 is 2.28 bits per heavy atom. The number of aromatic nitrogens is 2. The molecule has 0 aliphatic carbocycles. The summed E-state index contributed by atoms with van der Waals surface area (Å²) in [6.07, 6.45) is 0.525. The average Bonchev–Trinajstić information content (AvgIpc) is 2.65. The van der Waals surface area contributed by atoms with E-state index in [0.29, 0.717) is 12.1 Å². The van der Waals surface area contributed by atoms with E-state index in [1.54, 1.807) is 4.57 Å². The average molecular weight is 326 g/mol. The molecule has 0 radical (unpaired) electrons. The quantitative estimate of drug-likeness (QED) is 0.563. The van der Waals surface area contributed by atoms with Gasteiger partial charge in [-0.2, -0.15) is 0 Å². The fourth-order valence-corrected chi connectivity index (χ4v) is 3.03. The van der Waals surface area contributed by atoms with Gasteiger partial charge in [-0.15, -0.1) is 0 Å². The van der Waals surface area contributed by atoms with Gasteiger partial charge in [0, 0.05) is 12.1 Å². The molecule has 1 aromatic heterocycles. The van der Waals surface area contributed by atoms with Gasteiger partial charge in [0.15, 0.2) is 0 Å². The molecule has 0 atom stereocenters. The normalized spacial score (nSPS) is 10.9. The minimum Gasteiger partial charge on any atom is -0.274 e. The van der Waals surface area contributed by atoms with E-state index >= 15 is 0 Å². The van der Waals surface area contributed by atoms with Crippen molar-refractivity contribution >= 4 is 11.0 Å². The minimum atomic E-state index is -0.0644. The lowest BCUT2D eigenvalue weighted by Crippen LogP contribution is -2.24. The van der Waals surface area contributed by atoms with Crippen molar-refractivity contribution in [1.82, 2.24) is 9.55 Å². The second-order valence-corrected chi connectivity index (χ2v) is 6.19.